The Labute approximate surface area is 112 Å². The molecule has 18 heavy (non-hydrogen) atoms. The van der Waals surface area contributed by atoms with Crippen molar-refractivity contribution in [3.63, 3.8) is 0 Å². The lowest BCUT2D eigenvalue weighted by Gasteiger charge is -2.23. The molecule has 0 bridgehead atoms. The molecule has 0 spiro atoms. The molecule has 2 rings (SSSR count). The molecular formula is C14H20N2OS. The van der Waals surface area contributed by atoms with Gasteiger partial charge in [-0.05, 0) is 34.9 Å². The van der Waals surface area contributed by atoms with Crippen LogP contribution < -0.4 is 5.32 Å². The highest BCUT2D eigenvalue weighted by atomic mass is 32.1. The van der Waals surface area contributed by atoms with E-state index in [1.165, 1.54) is 10.3 Å². The zero-order valence-electron chi connectivity index (χ0n) is 10.9. The lowest BCUT2D eigenvalue weighted by molar-refractivity contribution is 0.207. The number of hydrogen-bond donors (Lipinski definition) is 2. The first kappa shape index (κ1) is 13.5. The number of aromatic nitrogens is 1. The highest BCUT2D eigenvalue weighted by Gasteiger charge is 2.16. The molecule has 2 N–H and O–H groups in total. The SMILES string of the molecule is CC(C)(CCO)CNCc1cnc2ccsc2c1. The molecule has 0 unspecified atom stereocenters. The highest BCUT2D eigenvalue weighted by molar-refractivity contribution is 7.17. The summed E-state index contributed by atoms with van der Waals surface area (Å²) in [5.74, 6) is 0. The van der Waals surface area contributed by atoms with Crippen molar-refractivity contribution in [2.45, 2.75) is 26.8 Å². The summed E-state index contributed by atoms with van der Waals surface area (Å²) >= 11 is 1.73. The molecule has 0 aliphatic rings. The number of hydrogen-bond acceptors (Lipinski definition) is 4. The number of aliphatic hydroxyl groups excluding tert-OH is 1. The second kappa shape index (κ2) is 5.78. The van der Waals surface area contributed by atoms with Crippen molar-refractivity contribution in [1.82, 2.24) is 10.3 Å². The fourth-order valence-electron chi connectivity index (χ4n) is 1.92. The largest absolute Gasteiger partial charge is 0.396 e. The average molecular weight is 264 g/mol. The Hall–Kier alpha value is -0.970. The third kappa shape index (κ3) is 3.51. The van der Waals surface area contributed by atoms with Gasteiger partial charge in [0.25, 0.3) is 0 Å². The van der Waals surface area contributed by atoms with Gasteiger partial charge in [0.05, 0.1) is 10.2 Å². The van der Waals surface area contributed by atoms with E-state index in [1.807, 2.05) is 12.3 Å². The summed E-state index contributed by atoms with van der Waals surface area (Å²) < 4.78 is 1.24. The van der Waals surface area contributed by atoms with Crippen LogP contribution in [0.5, 0.6) is 0 Å². The van der Waals surface area contributed by atoms with E-state index in [-0.39, 0.29) is 12.0 Å². The predicted molar refractivity (Wildman–Crippen MR) is 76.8 cm³/mol. The van der Waals surface area contributed by atoms with Gasteiger partial charge in [0.15, 0.2) is 0 Å². The third-order valence-corrected chi connectivity index (χ3v) is 3.93. The Morgan fingerprint density at radius 2 is 2.28 bits per heavy atom. The van der Waals surface area contributed by atoms with Crippen LogP contribution in [-0.2, 0) is 6.54 Å². The summed E-state index contributed by atoms with van der Waals surface area (Å²) in [5.41, 5.74) is 2.42. The molecule has 0 amide bonds. The van der Waals surface area contributed by atoms with Crippen molar-refractivity contribution in [3.8, 4) is 0 Å². The van der Waals surface area contributed by atoms with Crippen LogP contribution in [0.2, 0.25) is 0 Å². The summed E-state index contributed by atoms with van der Waals surface area (Å²) in [6, 6.07) is 4.24. The van der Waals surface area contributed by atoms with Gasteiger partial charge in [-0.1, -0.05) is 13.8 Å². The van der Waals surface area contributed by atoms with Gasteiger partial charge >= 0.3 is 0 Å². The standard InChI is InChI=1S/C14H20N2OS/c1-14(2,4-5-17)10-15-8-11-7-13-12(16-9-11)3-6-18-13/h3,6-7,9,15,17H,4-5,8,10H2,1-2H3. The number of rotatable bonds is 6. The average Bonchev–Trinajstić information content (AvgIpc) is 2.75. The Morgan fingerprint density at radius 1 is 1.44 bits per heavy atom. The monoisotopic (exact) mass is 264 g/mol. The van der Waals surface area contributed by atoms with Crippen LogP contribution in [0.4, 0.5) is 0 Å². The molecule has 0 aliphatic carbocycles. The minimum absolute atomic E-state index is 0.134. The van der Waals surface area contributed by atoms with Crippen LogP contribution >= 0.6 is 11.3 Å². The van der Waals surface area contributed by atoms with E-state index in [0.29, 0.717) is 0 Å². The van der Waals surface area contributed by atoms with Crippen molar-refractivity contribution in [1.29, 1.82) is 0 Å². The smallest absolute Gasteiger partial charge is 0.0809 e. The maximum Gasteiger partial charge on any atom is 0.0809 e. The second-order valence-electron chi connectivity index (χ2n) is 5.39. The molecular weight excluding hydrogens is 244 g/mol. The Bertz CT molecular complexity index is 507. The van der Waals surface area contributed by atoms with E-state index >= 15 is 0 Å². The first-order valence-corrected chi connectivity index (χ1v) is 7.12. The fourth-order valence-corrected chi connectivity index (χ4v) is 2.72. The van der Waals surface area contributed by atoms with Crippen LogP contribution in [0.1, 0.15) is 25.8 Å². The summed E-state index contributed by atoms with van der Waals surface area (Å²) in [7, 11) is 0. The number of pyridine rings is 1. The summed E-state index contributed by atoms with van der Waals surface area (Å²) in [4.78, 5) is 4.42. The summed E-state index contributed by atoms with van der Waals surface area (Å²) in [6.07, 6.45) is 2.75. The molecule has 0 radical (unpaired) electrons. The second-order valence-corrected chi connectivity index (χ2v) is 6.34. The van der Waals surface area contributed by atoms with E-state index in [1.54, 1.807) is 11.3 Å². The van der Waals surface area contributed by atoms with Crippen molar-refractivity contribution in [2.75, 3.05) is 13.2 Å². The van der Waals surface area contributed by atoms with Crippen molar-refractivity contribution >= 4 is 21.6 Å². The molecule has 3 nitrogen and oxygen atoms in total. The number of fused-ring (bicyclic) bond motifs is 1. The topological polar surface area (TPSA) is 45.1 Å². The van der Waals surface area contributed by atoms with Gasteiger partial charge < -0.3 is 10.4 Å². The maximum absolute atomic E-state index is 8.98. The van der Waals surface area contributed by atoms with Crippen molar-refractivity contribution in [2.24, 2.45) is 5.41 Å². The lowest BCUT2D eigenvalue weighted by Crippen LogP contribution is -2.29. The number of thiophene rings is 1. The van der Waals surface area contributed by atoms with Gasteiger partial charge in [-0.25, -0.2) is 0 Å². The molecule has 2 heterocycles. The zero-order valence-corrected chi connectivity index (χ0v) is 11.8. The van der Waals surface area contributed by atoms with Gasteiger partial charge in [-0.2, -0.15) is 0 Å². The zero-order chi connectivity index (χ0) is 13.0. The molecule has 0 aromatic carbocycles. The molecule has 2 aromatic heterocycles. The normalized spacial score (nSPS) is 12.2. The van der Waals surface area contributed by atoms with Gasteiger partial charge in [-0.15, -0.1) is 11.3 Å². The number of nitrogens with one attached hydrogen (secondary N) is 1. The van der Waals surface area contributed by atoms with Crippen LogP contribution in [0.25, 0.3) is 10.2 Å². The molecule has 0 atom stereocenters. The third-order valence-electron chi connectivity index (χ3n) is 3.08. The highest BCUT2D eigenvalue weighted by Crippen LogP contribution is 2.20. The molecule has 0 saturated heterocycles. The molecule has 2 aromatic rings. The quantitative estimate of drug-likeness (QED) is 0.843. The van der Waals surface area contributed by atoms with Crippen molar-refractivity contribution < 1.29 is 5.11 Å². The van der Waals surface area contributed by atoms with Gasteiger partial charge in [0.1, 0.15) is 0 Å². The minimum atomic E-state index is 0.134. The molecule has 0 aliphatic heterocycles. The maximum atomic E-state index is 8.98. The first-order chi connectivity index (χ1) is 8.61. The van der Waals surface area contributed by atoms with Crippen LogP contribution in [0.3, 0.4) is 0 Å². The van der Waals surface area contributed by atoms with Gasteiger partial charge in [0, 0.05) is 25.9 Å². The lowest BCUT2D eigenvalue weighted by atomic mass is 9.90. The van der Waals surface area contributed by atoms with E-state index in [4.69, 9.17) is 5.11 Å². The van der Waals surface area contributed by atoms with Crippen LogP contribution in [0.15, 0.2) is 23.7 Å². The number of nitrogens with zero attached hydrogens (tertiary/aromatic N) is 1. The van der Waals surface area contributed by atoms with Crippen LogP contribution in [-0.4, -0.2) is 23.2 Å². The number of aliphatic hydroxyl groups is 1. The molecule has 0 fully saturated rings. The van der Waals surface area contributed by atoms with Gasteiger partial charge in [0.2, 0.25) is 0 Å². The molecule has 0 saturated carbocycles. The Morgan fingerprint density at radius 3 is 3.06 bits per heavy atom. The van der Waals surface area contributed by atoms with E-state index < -0.39 is 0 Å². The summed E-state index contributed by atoms with van der Waals surface area (Å²) in [5, 5.41) is 14.5. The van der Waals surface area contributed by atoms with Gasteiger partial charge in [-0.3, -0.25) is 4.98 Å². The first-order valence-electron chi connectivity index (χ1n) is 6.24. The van der Waals surface area contributed by atoms with E-state index in [0.717, 1.165) is 25.0 Å². The fraction of sp³-hybridized carbons (Fsp3) is 0.500. The summed E-state index contributed by atoms with van der Waals surface area (Å²) in [6.45, 7) is 6.30. The Kier molecular flexibility index (Phi) is 4.32. The predicted octanol–water partition coefficient (Wildman–Crippen LogP) is 2.79. The van der Waals surface area contributed by atoms with E-state index in [9.17, 15) is 0 Å². The molecule has 4 heteroatoms. The van der Waals surface area contributed by atoms with Crippen molar-refractivity contribution in [3.05, 3.63) is 29.3 Å². The minimum Gasteiger partial charge on any atom is -0.396 e. The molecule has 98 valence electrons. The Balaban J connectivity index is 1.90. The van der Waals surface area contributed by atoms with E-state index in [2.05, 4.69) is 35.6 Å². The van der Waals surface area contributed by atoms with Crippen LogP contribution in [0, 0.1) is 5.41 Å².